The quantitative estimate of drug-likeness (QED) is 0.0236. The fourth-order valence-corrected chi connectivity index (χ4v) is 13.4. The number of para-hydroxylation sites is 1. The van der Waals surface area contributed by atoms with Crippen LogP contribution in [0.15, 0.2) is 291 Å². The molecule has 9 aromatic carbocycles. The fourth-order valence-electron chi connectivity index (χ4n) is 12.8. The number of nitrogens with zero attached hydrogens (tertiary/aromatic N) is 10. The van der Waals surface area contributed by atoms with E-state index in [1.54, 1.807) is 97.6 Å². The van der Waals surface area contributed by atoms with Gasteiger partial charge in [-0.3, -0.25) is 29.0 Å². The number of aliphatic hydroxyl groups excluding tert-OH is 2. The predicted molar refractivity (Wildman–Crippen MR) is 474 cm³/mol. The number of aromatic hydroxyl groups is 2. The molecule has 2 saturated heterocycles. The Morgan fingerprint density at radius 1 is 0.413 bits per heavy atom. The van der Waals surface area contributed by atoms with Gasteiger partial charge in [0.1, 0.15) is 17.2 Å². The summed E-state index contributed by atoms with van der Waals surface area (Å²) in [5, 5.41) is 64.0. The van der Waals surface area contributed by atoms with Gasteiger partial charge in [-0.1, -0.05) is 97.1 Å². The van der Waals surface area contributed by atoms with Crippen LogP contribution in [-0.2, 0) is 14.4 Å². The summed E-state index contributed by atoms with van der Waals surface area (Å²) >= 11 is 1.40. The maximum absolute atomic E-state index is 12.4. The standard InChI is InChI=1S/C24H20N4O3.2C23H26N6O2.C21H16N4O2S/c29-20-6-4-5-19(15-20)27-24-25-14-13-22(28-24)17-9-11-18(12-10-17)26-23(30)16-31-21-7-2-1-3-8-21;24-17-3-1-4-19(13-17)27-23-25-11-10-21(28-23)16-6-8-18(9-7-16)26-22(31)14-29-12-2-5-20(29)15-30;24-17-2-1-3-19(14-17)27-23-25-11-8-21(28-23)16-4-6-18(7-5-16)26-22(31)15-29-12-9-20(30)10-13-29;26-17-4-1-3-16(13-17)24-21-22-11-10-18(25-21)14-6-8-15(9-7-14)23-20(27)19-5-2-12-28-19/h1-15,29H,16H2,(H,26,30)(H,25,27,28);1,3-4,6-11,13,20,30H,2,5,12,14-15,24H2,(H,26,31)(H,25,27,28);1-8,11,14,20,30H,9-10,12-13,15,24H2,(H,26,31)(H,25,27,28);1-13,26H,(H,23,27)(H,22,24,25). The number of benzene rings is 9. The Morgan fingerprint density at radius 2 is 0.810 bits per heavy atom. The highest BCUT2D eigenvalue weighted by Crippen LogP contribution is 2.30. The zero-order valence-corrected chi connectivity index (χ0v) is 66.3. The van der Waals surface area contributed by atoms with Crippen LogP contribution in [-0.4, -0.2) is 152 Å². The number of likely N-dealkylation sites (tertiary alicyclic amines) is 2. The number of hydrogen-bond donors (Lipinski definition) is 14. The Balaban J connectivity index is 0.000000139. The molecule has 4 amide bonds. The molecule has 1 atom stereocenters. The van der Waals surface area contributed by atoms with Crippen LogP contribution in [0.1, 0.15) is 35.4 Å². The van der Waals surface area contributed by atoms with E-state index in [0.717, 1.165) is 113 Å². The molecule has 0 saturated carbocycles. The number of hydrogen-bond acceptors (Lipinski definition) is 26. The number of ether oxygens (including phenoxy) is 1. The molecule has 16 rings (SSSR count). The Morgan fingerprint density at radius 3 is 1.21 bits per heavy atom. The molecule has 2 aliphatic rings. The van der Waals surface area contributed by atoms with E-state index in [0.29, 0.717) is 75.1 Å². The van der Waals surface area contributed by atoms with Crippen molar-refractivity contribution in [3.63, 3.8) is 0 Å². The molecule has 5 aromatic heterocycles. The number of aliphatic hydroxyl groups is 2. The Bertz CT molecular complexity index is 5740. The van der Waals surface area contributed by atoms with E-state index in [-0.39, 0.29) is 67.0 Å². The van der Waals surface area contributed by atoms with Gasteiger partial charge in [-0.2, -0.15) is 0 Å². The van der Waals surface area contributed by atoms with Crippen LogP contribution in [0, 0.1) is 0 Å². The lowest BCUT2D eigenvalue weighted by Gasteiger charge is -2.28. The maximum atomic E-state index is 12.4. The van der Waals surface area contributed by atoms with Gasteiger partial charge in [0, 0.05) is 135 Å². The topological polar surface area (TPSA) is 416 Å². The van der Waals surface area contributed by atoms with Crippen molar-refractivity contribution in [3.8, 4) is 62.3 Å². The van der Waals surface area contributed by atoms with E-state index in [1.807, 2.05) is 198 Å². The lowest BCUT2D eigenvalue weighted by molar-refractivity contribution is -0.118. The number of thiophene rings is 1. The first-order chi connectivity index (χ1) is 59.0. The van der Waals surface area contributed by atoms with Gasteiger partial charge in [0.05, 0.1) is 53.5 Å². The smallest absolute Gasteiger partial charge is 0.265 e. The minimum atomic E-state index is -0.241. The molecule has 2 aliphatic heterocycles. The van der Waals surface area contributed by atoms with E-state index in [2.05, 4.69) is 87.3 Å². The number of piperidine rings is 1. The summed E-state index contributed by atoms with van der Waals surface area (Å²) in [5.41, 5.74) is 25.4. The third-order valence-corrected chi connectivity index (χ3v) is 19.7. The summed E-state index contributed by atoms with van der Waals surface area (Å²) in [6.07, 6.45) is 9.86. The number of amides is 4. The van der Waals surface area contributed by atoms with Crippen molar-refractivity contribution in [2.45, 2.75) is 37.8 Å². The highest BCUT2D eigenvalue weighted by molar-refractivity contribution is 7.12. The third-order valence-electron chi connectivity index (χ3n) is 18.8. The fraction of sp³-hybridized carbons (Fsp3) is 0.143. The van der Waals surface area contributed by atoms with E-state index >= 15 is 0 Å². The summed E-state index contributed by atoms with van der Waals surface area (Å²) in [7, 11) is 0. The van der Waals surface area contributed by atoms with Crippen LogP contribution < -0.4 is 58.7 Å². The first-order valence-electron chi connectivity index (χ1n) is 38.8. The number of nitrogen functional groups attached to an aromatic ring is 2. The van der Waals surface area contributed by atoms with Gasteiger partial charge in [-0.15, -0.1) is 11.3 Å². The van der Waals surface area contributed by atoms with Crippen LogP contribution in [0.5, 0.6) is 17.2 Å². The lowest BCUT2D eigenvalue weighted by Crippen LogP contribution is -2.40. The van der Waals surface area contributed by atoms with Crippen LogP contribution in [0.25, 0.3) is 45.0 Å². The predicted octanol–water partition coefficient (Wildman–Crippen LogP) is 15.2. The van der Waals surface area contributed by atoms with Crippen molar-refractivity contribution >= 4 is 116 Å². The Kier molecular flexibility index (Phi) is 29.2. The first-order valence-corrected chi connectivity index (χ1v) is 39.7. The molecular weight excluding hydrogens is 1550 g/mol. The molecule has 7 heterocycles. The van der Waals surface area contributed by atoms with Gasteiger partial charge in [-0.05, 0) is 189 Å². The van der Waals surface area contributed by atoms with Gasteiger partial charge in [-0.25, -0.2) is 39.9 Å². The summed E-state index contributed by atoms with van der Waals surface area (Å²) in [4.78, 5) is 88.8. The first kappa shape index (κ1) is 83.9. The molecule has 0 aliphatic carbocycles. The van der Waals surface area contributed by atoms with Crippen LogP contribution >= 0.6 is 11.3 Å². The SMILES string of the molecule is Nc1cccc(Nc2nccc(-c3ccc(NC(=O)CN4CCC(O)CC4)cc3)n2)c1.Nc1cccc(Nc2nccc(-c3ccc(NC(=O)CN4CCCC4CO)cc3)n2)c1.O=C(COc1ccccc1)Nc1ccc(-c2ccnc(Nc3cccc(O)c3)n2)cc1.O=C(Nc1ccc(-c2ccnc(Nc3cccc(O)c3)n2)cc1)c1cccs1. The van der Waals surface area contributed by atoms with E-state index in [9.17, 15) is 39.6 Å². The molecule has 16 N–H and O–H groups in total. The van der Waals surface area contributed by atoms with E-state index in [4.69, 9.17) is 16.2 Å². The molecular formula is C91H88N20O9S. The summed E-state index contributed by atoms with van der Waals surface area (Å²) in [6, 6.07) is 78.4. The number of carbonyl (C=O) groups is 4. The average molecular weight is 1640 g/mol. The molecule has 2 fully saturated rings. The number of anilines is 14. The van der Waals surface area contributed by atoms with Gasteiger partial charge < -0.3 is 79.2 Å². The van der Waals surface area contributed by atoms with Crippen molar-refractivity contribution < 1.29 is 44.3 Å². The summed E-state index contributed by atoms with van der Waals surface area (Å²) < 4.78 is 5.45. The number of nitrogens with one attached hydrogen (secondary N) is 8. The summed E-state index contributed by atoms with van der Waals surface area (Å²) in [6.45, 7) is 2.98. The number of carbonyl (C=O) groups excluding carboxylic acids is 4. The van der Waals surface area contributed by atoms with Crippen molar-refractivity contribution in [2.75, 3.05) is 99.9 Å². The van der Waals surface area contributed by atoms with Gasteiger partial charge in [0.2, 0.25) is 35.6 Å². The molecule has 121 heavy (non-hydrogen) atoms. The second-order valence-corrected chi connectivity index (χ2v) is 28.8. The van der Waals surface area contributed by atoms with Crippen LogP contribution in [0.3, 0.4) is 0 Å². The van der Waals surface area contributed by atoms with Crippen molar-refractivity contribution in [1.82, 2.24) is 49.7 Å². The number of rotatable bonds is 25. The highest BCUT2D eigenvalue weighted by Gasteiger charge is 2.26. The minimum Gasteiger partial charge on any atom is -0.508 e. The lowest BCUT2D eigenvalue weighted by atomic mass is 10.1. The second-order valence-electron chi connectivity index (χ2n) is 27.9. The highest BCUT2D eigenvalue weighted by atomic mass is 32.1. The average Bonchev–Trinajstić information content (AvgIpc) is 1.70. The summed E-state index contributed by atoms with van der Waals surface area (Å²) in [5.74, 6) is 2.27. The minimum absolute atomic E-state index is 0.0557. The zero-order valence-electron chi connectivity index (χ0n) is 65.5. The Hall–Kier alpha value is -15.1. The third kappa shape index (κ3) is 26.0. The molecule has 29 nitrogen and oxygen atoms in total. The van der Waals surface area contributed by atoms with Gasteiger partial charge in [0.15, 0.2) is 6.61 Å². The van der Waals surface area contributed by atoms with Crippen molar-refractivity contribution in [3.05, 3.63) is 296 Å². The molecule has 14 aromatic rings. The molecule has 0 bridgehead atoms. The monoisotopic (exact) mass is 1640 g/mol. The zero-order chi connectivity index (χ0) is 84.1. The molecule has 30 heteroatoms. The second kappa shape index (κ2) is 42.2. The largest absolute Gasteiger partial charge is 0.508 e. The van der Waals surface area contributed by atoms with Crippen LogP contribution in [0.4, 0.5) is 80.7 Å². The van der Waals surface area contributed by atoms with Crippen molar-refractivity contribution in [1.29, 1.82) is 0 Å². The normalized spacial score (nSPS) is 13.0. The number of phenols is 2. The molecule has 612 valence electrons. The maximum Gasteiger partial charge on any atom is 0.265 e. The number of aromatic nitrogens is 8. The van der Waals surface area contributed by atoms with Crippen LogP contribution in [0.2, 0.25) is 0 Å². The number of phenolic OH excluding ortho intramolecular Hbond substituents is 2. The molecule has 1 unspecified atom stereocenters. The Labute approximate surface area is 701 Å². The molecule has 0 spiro atoms. The van der Waals surface area contributed by atoms with Gasteiger partial charge >= 0.3 is 0 Å². The van der Waals surface area contributed by atoms with Gasteiger partial charge in [0.25, 0.3) is 11.8 Å². The van der Waals surface area contributed by atoms with E-state index < -0.39 is 0 Å². The van der Waals surface area contributed by atoms with Crippen molar-refractivity contribution in [2.24, 2.45) is 0 Å². The molecule has 0 radical (unpaired) electrons. The van der Waals surface area contributed by atoms with E-state index in [1.165, 1.54) is 11.3 Å². The number of nitrogens with two attached hydrogens (primary N) is 2.